The molecule has 1 aliphatic heterocycles. The highest BCUT2D eigenvalue weighted by Crippen LogP contribution is 2.37. The minimum atomic E-state index is -0.426. The second kappa shape index (κ2) is 7.15. The number of rotatable bonds is 5. The third-order valence-corrected chi connectivity index (χ3v) is 4.78. The number of nitro groups is 1. The molecule has 0 aliphatic carbocycles. The van der Waals surface area contributed by atoms with Crippen molar-refractivity contribution in [2.45, 2.75) is 25.9 Å². The number of aromatic nitrogens is 2. The molecule has 1 aliphatic rings. The van der Waals surface area contributed by atoms with Gasteiger partial charge in [0, 0.05) is 36.9 Å². The number of hydrogen-bond acceptors (Lipinski definition) is 6. The summed E-state index contributed by atoms with van der Waals surface area (Å²) in [6.45, 7) is 2.78. The van der Waals surface area contributed by atoms with E-state index in [0.717, 1.165) is 23.6 Å². The van der Waals surface area contributed by atoms with E-state index in [1.165, 1.54) is 12.1 Å². The number of hydrogen-bond donors (Lipinski definition) is 1. The number of anilines is 1. The van der Waals surface area contributed by atoms with Crippen molar-refractivity contribution < 1.29 is 10.0 Å². The van der Waals surface area contributed by atoms with E-state index in [9.17, 15) is 15.2 Å². The van der Waals surface area contributed by atoms with Crippen LogP contribution in [0.2, 0.25) is 0 Å². The van der Waals surface area contributed by atoms with Crippen LogP contribution in [0.15, 0.2) is 65.9 Å². The van der Waals surface area contributed by atoms with Gasteiger partial charge in [-0.1, -0.05) is 12.1 Å². The van der Waals surface area contributed by atoms with Gasteiger partial charge in [-0.2, -0.15) is 10.2 Å². The number of nitro benzene ring substituents is 1. The van der Waals surface area contributed by atoms with Crippen molar-refractivity contribution in [3.05, 3.63) is 82.2 Å². The maximum Gasteiger partial charge on any atom is 0.269 e. The van der Waals surface area contributed by atoms with Crippen LogP contribution in [-0.4, -0.2) is 25.5 Å². The van der Waals surface area contributed by atoms with Gasteiger partial charge in [0.05, 0.1) is 22.0 Å². The number of non-ortho nitro benzene ring substituents is 1. The second-order valence-corrected chi connectivity index (χ2v) is 6.50. The summed E-state index contributed by atoms with van der Waals surface area (Å²) in [5.41, 5.74) is 3.03. The lowest BCUT2D eigenvalue weighted by Crippen LogP contribution is -2.19. The maximum atomic E-state index is 11.0. The van der Waals surface area contributed by atoms with E-state index in [1.807, 2.05) is 41.0 Å². The highest BCUT2D eigenvalue weighted by atomic mass is 16.6. The number of phenols is 1. The third-order valence-electron chi connectivity index (χ3n) is 4.78. The minimum Gasteiger partial charge on any atom is -0.507 e. The molecule has 1 atom stereocenters. The fourth-order valence-corrected chi connectivity index (χ4v) is 3.32. The van der Waals surface area contributed by atoms with Crippen molar-refractivity contribution in [2.24, 2.45) is 5.10 Å². The Labute approximate surface area is 161 Å². The Bertz CT molecular complexity index is 1040. The molecule has 2 heterocycles. The normalized spacial score (nSPS) is 16.2. The predicted molar refractivity (Wildman–Crippen MR) is 105 cm³/mol. The molecule has 0 unspecified atom stereocenters. The number of benzene rings is 2. The first kappa shape index (κ1) is 17.7. The number of para-hydroxylation sites is 1. The zero-order valence-corrected chi connectivity index (χ0v) is 15.3. The highest BCUT2D eigenvalue weighted by molar-refractivity contribution is 6.05. The monoisotopic (exact) mass is 377 g/mol. The van der Waals surface area contributed by atoms with Crippen LogP contribution < -0.4 is 5.01 Å². The zero-order valence-electron chi connectivity index (χ0n) is 15.3. The fraction of sp³-hybridized carbons (Fsp3) is 0.200. The molecule has 1 N–H and O–H groups in total. The molecule has 0 saturated carbocycles. The summed E-state index contributed by atoms with van der Waals surface area (Å²) in [6, 6.07) is 15.2. The van der Waals surface area contributed by atoms with Crippen LogP contribution in [0.4, 0.5) is 11.4 Å². The van der Waals surface area contributed by atoms with Crippen molar-refractivity contribution in [3.8, 4) is 5.75 Å². The van der Waals surface area contributed by atoms with Crippen LogP contribution in [0.3, 0.4) is 0 Å². The Kier molecular flexibility index (Phi) is 4.52. The summed E-state index contributed by atoms with van der Waals surface area (Å²) < 4.78 is 1.85. The Morgan fingerprint density at radius 3 is 2.57 bits per heavy atom. The SMILES string of the molecule is CCn1ccc([C@@H]2CC(c3ccccc3O)=NN2c2ccc([N+](=O)[O-])cc2)n1. The highest BCUT2D eigenvalue weighted by Gasteiger charge is 2.32. The van der Waals surface area contributed by atoms with Gasteiger partial charge in [-0.05, 0) is 37.3 Å². The summed E-state index contributed by atoms with van der Waals surface area (Å²) in [5.74, 6) is 0.171. The van der Waals surface area contributed by atoms with Crippen LogP contribution in [0.25, 0.3) is 0 Å². The van der Waals surface area contributed by atoms with Gasteiger partial charge < -0.3 is 5.11 Å². The van der Waals surface area contributed by atoms with E-state index in [2.05, 4.69) is 5.10 Å². The van der Waals surface area contributed by atoms with E-state index < -0.39 is 4.92 Å². The van der Waals surface area contributed by atoms with E-state index in [4.69, 9.17) is 5.10 Å². The van der Waals surface area contributed by atoms with E-state index in [0.29, 0.717) is 12.0 Å². The summed E-state index contributed by atoms with van der Waals surface area (Å²) in [7, 11) is 0. The quantitative estimate of drug-likeness (QED) is 0.538. The molecule has 0 fully saturated rings. The zero-order chi connectivity index (χ0) is 19.7. The molecule has 28 heavy (non-hydrogen) atoms. The molecule has 4 rings (SSSR count). The predicted octanol–water partition coefficient (Wildman–Crippen LogP) is 3.87. The van der Waals surface area contributed by atoms with Crippen LogP contribution in [0, 0.1) is 10.1 Å². The van der Waals surface area contributed by atoms with E-state index >= 15 is 0 Å². The standard InChI is InChI=1S/C20H19N5O3/c1-2-23-12-11-17(21-23)19-13-18(16-5-3-4-6-20(16)26)22-24(19)14-7-9-15(10-8-14)25(27)28/h3-12,19,26H,2,13H2,1H3/t19-/m0/s1. The first-order chi connectivity index (χ1) is 13.6. The molecular weight excluding hydrogens is 358 g/mol. The van der Waals surface area contributed by atoms with Crippen LogP contribution in [0.1, 0.15) is 30.6 Å². The molecule has 0 amide bonds. The Morgan fingerprint density at radius 1 is 1.18 bits per heavy atom. The molecule has 0 radical (unpaired) electrons. The van der Waals surface area contributed by atoms with Crippen LogP contribution in [0.5, 0.6) is 5.75 Å². The van der Waals surface area contributed by atoms with Crippen molar-refractivity contribution >= 4 is 17.1 Å². The van der Waals surface area contributed by atoms with Gasteiger partial charge in [0.2, 0.25) is 0 Å². The fourth-order valence-electron chi connectivity index (χ4n) is 3.32. The molecule has 0 saturated heterocycles. The molecule has 2 aromatic carbocycles. The van der Waals surface area contributed by atoms with Crippen LogP contribution >= 0.6 is 0 Å². The number of hydrazone groups is 1. The molecular formula is C20H19N5O3. The Morgan fingerprint density at radius 2 is 1.93 bits per heavy atom. The average molecular weight is 377 g/mol. The summed E-state index contributed by atoms with van der Waals surface area (Å²) >= 11 is 0. The van der Waals surface area contributed by atoms with Crippen molar-refractivity contribution in [1.82, 2.24) is 9.78 Å². The summed E-state index contributed by atoms with van der Waals surface area (Å²) in [6.07, 6.45) is 2.48. The number of nitrogens with zero attached hydrogens (tertiary/aromatic N) is 5. The second-order valence-electron chi connectivity index (χ2n) is 6.50. The molecule has 0 spiro atoms. The maximum absolute atomic E-state index is 11.0. The molecule has 0 bridgehead atoms. The van der Waals surface area contributed by atoms with E-state index in [-0.39, 0.29) is 17.5 Å². The van der Waals surface area contributed by atoms with Crippen molar-refractivity contribution in [3.63, 3.8) is 0 Å². The van der Waals surface area contributed by atoms with Gasteiger partial charge in [-0.15, -0.1) is 0 Å². The van der Waals surface area contributed by atoms with Gasteiger partial charge >= 0.3 is 0 Å². The molecule has 8 nitrogen and oxygen atoms in total. The topological polar surface area (TPSA) is 96.8 Å². The largest absolute Gasteiger partial charge is 0.507 e. The lowest BCUT2D eigenvalue weighted by Gasteiger charge is -2.22. The Balaban J connectivity index is 1.75. The van der Waals surface area contributed by atoms with Gasteiger partial charge in [0.15, 0.2) is 0 Å². The number of aryl methyl sites for hydroxylation is 1. The molecule has 142 valence electrons. The van der Waals surface area contributed by atoms with Crippen LogP contribution in [-0.2, 0) is 6.54 Å². The lowest BCUT2D eigenvalue weighted by atomic mass is 10.0. The Hall–Kier alpha value is -3.68. The summed E-state index contributed by atoms with van der Waals surface area (Å²) in [4.78, 5) is 10.5. The third kappa shape index (κ3) is 3.20. The molecule has 1 aromatic heterocycles. The van der Waals surface area contributed by atoms with Crippen molar-refractivity contribution in [1.29, 1.82) is 0 Å². The summed E-state index contributed by atoms with van der Waals surface area (Å²) in [5, 5.41) is 32.3. The van der Waals surface area contributed by atoms with Gasteiger partial charge in [0.25, 0.3) is 5.69 Å². The van der Waals surface area contributed by atoms with Gasteiger partial charge in [0.1, 0.15) is 11.8 Å². The first-order valence-electron chi connectivity index (χ1n) is 8.99. The average Bonchev–Trinajstić information content (AvgIpc) is 3.35. The minimum absolute atomic E-state index is 0.0275. The molecule has 8 heteroatoms. The van der Waals surface area contributed by atoms with E-state index in [1.54, 1.807) is 24.3 Å². The number of phenolic OH excluding ortho intramolecular Hbond substituents is 1. The number of aromatic hydroxyl groups is 1. The van der Waals surface area contributed by atoms with Crippen molar-refractivity contribution in [2.75, 3.05) is 5.01 Å². The van der Waals surface area contributed by atoms with Gasteiger partial charge in [-0.25, -0.2) is 0 Å². The lowest BCUT2D eigenvalue weighted by molar-refractivity contribution is -0.384. The first-order valence-corrected chi connectivity index (χ1v) is 8.99. The van der Waals surface area contributed by atoms with Gasteiger partial charge in [-0.3, -0.25) is 19.8 Å². The smallest absolute Gasteiger partial charge is 0.269 e. The molecule has 3 aromatic rings.